The smallest absolute Gasteiger partial charge is 0.317 e. The summed E-state index contributed by atoms with van der Waals surface area (Å²) in [6.45, 7) is 5.37. The predicted molar refractivity (Wildman–Crippen MR) is 67.7 cm³/mol. The first-order valence-electron chi connectivity index (χ1n) is 6.18. The number of rotatable bonds is 4. The van der Waals surface area contributed by atoms with Gasteiger partial charge in [0.1, 0.15) is 12.1 Å². The number of piperazine rings is 1. The van der Waals surface area contributed by atoms with Gasteiger partial charge in [-0.25, -0.2) is 9.97 Å². The summed E-state index contributed by atoms with van der Waals surface area (Å²) in [5, 5.41) is 8.75. The van der Waals surface area contributed by atoms with Gasteiger partial charge in [-0.05, 0) is 6.42 Å². The number of hydrogen-bond acceptors (Lipinski definition) is 5. The van der Waals surface area contributed by atoms with Gasteiger partial charge in [-0.1, -0.05) is 6.92 Å². The number of aliphatic carboxylic acids is 1. The Bertz CT molecular complexity index is 416. The Kier molecular flexibility index (Phi) is 4.09. The summed E-state index contributed by atoms with van der Waals surface area (Å²) in [5.74, 6) is 0.224. The molecule has 1 saturated heterocycles. The zero-order valence-electron chi connectivity index (χ0n) is 10.5. The maximum atomic E-state index is 10.6. The first-order valence-corrected chi connectivity index (χ1v) is 6.18. The Hall–Kier alpha value is -1.69. The summed E-state index contributed by atoms with van der Waals surface area (Å²) < 4.78 is 0. The molecule has 98 valence electrons. The standard InChI is InChI=1S/C12H18N4O2/c1-2-10-7-13-9-14-12(10)16-5-3-15(4-6-16)8-11(17)18/h7,9H,2-6,8H2,1H3,(H,17,18). The van der Waals surface area contributed by atoms with Crippen LogP contribution in [0, 0.1) is 0 Å². The van der Waals surface area contributed by atoms with Crippen molar-refractivity contribution in [1.82, 2.24) is 14.9 Å². The topological polar surface area (TPSA) is 69.6 Å². The van der Waals surface area contributed by atoms with Crippen LogP contribution >= 0.6 is 0 Å². The quantitative estimate of drug-likeness (QED) is 0.826. The number of anilines is 1. The Morgan fingerprint density at radius 3 is 2.72 bits per heavy atom. The Morgan fingerprint density at radius 1 is 1.39 bits per heavy atom. The van der Waals surface area contributed by atoms with Crippen LogP contribution in [-0.2, 0) is 11.2 Å². The van der Waals surface area contributed by atoms with Crippen molar-refractivity contribution >= 4 is 11.8 Å². The van der Waals surface area contributed by atoms with E-state index in [4.69, 9.17) is 5.11 Å². The number of carboxylic acids is 1. The van der Waals surface area contributed by atoms with Crippen LogP contribution in [-0.4, -0.2) is 58.7 Å². The van der Waals surface area contributed by atoms with Gasteiger partial charge in [-0.2, -0.15) is 0 Å². The van der Waals surface area contributed by atoms with Gasteiger partial charge in [0.05, 0.1) is 6.54 Å². The van der Waals surface area contributed by atoms with Gasteiger partial charge in [0.15, 0.2) is 0 Å². The van der Waals surface area contributed by atoms with E-state index in [-0.39, 0.29) is 6.54 Å². The highest BCUT2D eigenvalue weighted by atomic mass is 16.4. The average molecular weight is 250 g/mol. The fourth-order valence-electron chi connectivity index (χ4n) is 2.20. The third kappa shape index (κ3) is 2.95. The van der Waals surface area contributed by atoms with Gasteiger partial charge in [0, 0.05) is 37.9 Å². The van der Waals surface area contributed by atoms with Crippen molar-refractivity contribution in [2.24, 2.45) is 0 Å². The van der Waals surface area contributed by atoms with Crippen molar-refractivity contribution in [3.63, 3.8) is 0 Å². The molecule has 0 atom stereocenters. The number of carbonyl (C=O) groups is 1. The minimum absolute atomic E-state index is 0.123. The van der Waals surface area contributed by atoms with E-state index in [1.54, 1.807) is 6.33 Å². The first kappa shape index (κ1) is 12.8. The number of nitrogens with zero attached hydrogens (tertiary/aromatic N) is 4. The normalized spacial score (nSPS) is 16.8. The van der Waals surface area contributed by atoms with Crippen LogP contribution in [0.25, 0.3) is 0 Å². The van der Waals surface area contributed by atoms with Crippen LogP contribution in [0.15, 0.2) is 12.5 Å². The van der Waals surface area contributed by atoms with E-state index >= 15 is 0 Å². The van der Waals surface area contributed by atoms with E-state index in [1.807, 2.05) is 11.1 Å². The molecule has 0 unspecified atom stereocenters. The van der Waals surface area contributed by atoms with Crippen molar-refractivity contribution < 1.29 is 9.90 Å². The van der Waals surface area contributed by atoms with Crippen LogP contribution in [0.2, 0.25) is 0 Å². The lowest BCUT2D eigenvalue weighted by Gasteiger charge is -2.35. The summed E-state index contributed by atoms with van der Waals surface area (Å²) in [6, 6.07) is 0. The van der Waals surface area contributed by atoms with Crippen LogP contribution in [0.5, 0.6) is 0 Å². The van der Waals surface area contributed by atoms with Gasteiger partial charge in [0.25, 0.3) is 0 Å². The van der Waals surface area contributed by atoms with E-state index in [0.717, 1.165) is 44.0 Å². The summed E-state index contributed by atoms with van der Waals surface area (Å²) >= 11 is 0. The molecule has 2 rings (SSSR count). The second kappa shape index (κ2) is 5.77. The van der Waals surface area contributed by atoms with E-state index in [1.165, 1.54) is 0 Å². The Morgan fingerprint density at radius 2 is 2.11 bits per heavy atom. The van der Waals surface area contributed by atoms with Crippen LogP contribution in [0.1, 0.15) is 12.5 Å². The number of carboxylic acid groups (broad SMARTS) is 1. The zero-order chi connectivity index (χ0) is 13.0. The van der Waals surface area contributed by atoms with E-state index in [2.05, 4.69) is 21.8 Å². The number of aromatic nitrogens is 2. The Balaban J connectivity index is 1.99. The molecule has 1 N–H and O–H groups in total. The summed E-state index contributed by atoms with van der Waals surface area (Å²) in [4.78, 5) is 23.2. The highest BCUT2D eigenvalue weighted by molar-refractivity contribution is 5.69. The fourth-order valence-corrected chi connectivity index (χ4v) is 2.20. The zero-order valence-corrected chi connectivity index (χ0v) is 10.5. The minimum Gasteiger partial charge on any atom is -0.480 e. The summed E-state index contributed by atoms with van der Waals surface area (Å²) in [6.07, 6.45) is 4.33. The minimum atomic E-state index is -0.764. The van der Waals surface area contributed by atoms with E-state index < -0.39 is 5.97 Å². The second-order valence-corrected chi connectivity index (χ2v) is 4.38. The first-order chi connectivity index (χ1) is 8.70. The lowest BCUT2D eigenvalue weighted by atomic mass is 10.2. The molecule has 1 aromatic heterocycles. The maximum absolute atomic E-state index is 10.6. The molecule has 0 radical (unpaired) electrons. The highest BCUT2D eigenvalue weighted by Gasteiger charge is 2.20. The van der Waals surface area contributed by atoms with Crippen LogP contribution in [0.4, 0.5) is 5.82 Å². The lowest BCUT2D eigenvalue weighted by molar-refractivity contribution is -0.138. The van der Waals surface area contributed by atoms with Crippen molar-refractivity contribution in [2.45, 2.75) is 13.3 Å². The average Bonchev–Trinajstić information content (AvgIpc) is 2.39. The largest absolute Gasteiger partial charge is 0.480 e. The van der Waals surface area contributed by atoms with Gasteiger partial charge in [-0.15, -0.1) is 0 Å². The molecule has 6 heteroatoms. The molecule has 0 saturated carbocycles. The second-order valence-electron chi connectivity index (χ2n) is 4.38. The molecular formula is C12H18N4O2. The van der Waals surface area contributed by atoms with Crippen LogP contribution < -0.4 is 4.90 Å². The predicted octanol–water partition coefficient (Wildman–Crippen LogP) is 0.246. The molecule has 1 aliphatic heterocycles. The summed E-state index contributed by atoms with van der Waals surface area (Å²) in [7, 11) is 0. The lowest BCUT2D eigenvalue weighted by Crippen LogP contribution is -2.48. The molecule has 2 heterocycles. The Labute approximate surface area is 106 Å². The molecule has 1 fully saturated rings. The molecule has 0 aliphatic carbocycles. The molecule has 0 bridgehead atoms. The third-order valence-electron chi connectivity index (χ3n) is 3.18. The van der Waals surface area contributed by atoms with Gasteiger partial charge < -0.3 is 10.0 Å². The monoisotopic (exact) mass is 250 g/mol. The van der Waals surface area contributed by atoms with E-state index in [0.29, 0.717) is 0 Å². The fraction of sp³-hybridized carbons (Fsp3) is 0.583. The van der Waals surface area contributed by atoms with Gasteiger partial charge in [0.2, 0.25) is 0 Å². The molecule has 0 amide bonds. The number of aryl methyl sites for hydroxylation is 1. The molecule has 1 aromatic rings. The van der Waals surface area contributed by atoms with Crippen molar-refractivity contribution in [3.05, 3.63) is 18.1 Å². The third-order valence-corrected chi connectivity index (χ3v) is 3.18. The number of hydrogen-bond donors (Lipinski definition) is 1. The van der Waals surface area contributed by atoms with E-state index in [9.17, 15) is 4.79 Å². The van der Waals surface area contributed by atoms with Crippen LogP contribution in [0.3, 0.4) is 0 Å². The molecule has 0 spiro atoms. The SMILES string of the molecule is CCc1cncnc1N1CCN(CC(=O)O)CC1. The highest BCUT2D eigenvalue weighted by Crippen LogP contribution is 2.18. The van der Waals surface area contributed by atoms with Crippen molar-refractivity contribution in [1.29, 1.82) is 0 Å². The molecular weight excluding hydrogens is 232 g/mol. The molecule has 1 aliphatic rings. The molecule has 0 aromatic carbocycles. The van der Waals surface area contributed by atoms with Crippen molar-refractivity contribution in [2.75, 3.05) is 37.6 Å². The van der Waals surface area contributed by atoms with Gasteiger partial charge in [-0.3, -0.25) is 9.69 Å². The molecule has 18 heavy (non-hydrogen) atoms. The molecule has 6 nitrogen and oxygen atoms in total. The van der Waals surface area contributed by atoms with Crippen molar-refractivity contribution in [3.8, 4) is 0 Å². The maximum Gasteiger partial charge on any atom is 0.317 e. The summed E-state index contributed by atoms with van der Waals surface area (Å²) in [5.41, 5.74) is 1.14. The van der Waals surface area contributed by atoms with Gasteiger partial charge >= 0.3 is 5.97 Å².